The van der Waals surface area contributed by atoms with Crippen LogP contribution in [0, 0.1) is 0 Å². The first kappa shape index (κ1) is 30.6. The van der Waals surface area contributed by atoms with Crippen molar-refractivity contribution in [1.29, 1.82) is 0 Å². The fourth-order valence-electron chi connectivity index (χ4n) is 3.26. The minimum absolute atomic E-state index is 0.239. The minimum atomic E-state index is -3.93. The Kier molecular flexibility index (Phi) is 11.0. The van der Waals surface area contributed by atoms with E-state index in [9.17, 15) is 14.2 Å². The molecule has 0 aliphatic rings. The van der Waals surface area contributed by atoms with Crippen LogP contribution in [0.5, 0.6) is 0 Å². The number of fused-ring (bicyclic) bond motifs is 1. The first-order valence-corrected chi connectivity index (χ1v) is 14.1. The molecule has 0 radical (unpaired) electrons. The van der Waals surface area contributed by atoms with Crippen molar-refractivity contribution >= 4 is 36.4 Å². The van der Waals surface area contributed by atoms with Gasteiger partial charge in [0.2, 0.25) is 0 Å². The molecule has 0 saturated heterocycles. The fourth-order valence-corrected chi connectivity index (χ4v) is 5.43. The maximum absolute atomic E-state index is 13.9. The lowest BCUT2D eigenvalue weighted by Crippen LogP contribution is -2.47. The Hall–Kier alpha value is -2.60. The lowest BCUT2D eigenvalue weighted by Gasteiger charge is -2.31. The molecule has 0 aliphatic heterocycles. The third-order valence-electron chi connectivity index (χ3n) is 5.12. The van der Waals surface area contributed by atoms with Crippen molar-refractivity contribution in [2.75, 3.05) is 18.7 Å². The van der Waals surface area contributed by atoms with E-state index in [1.54, 1.807) is 31.7 Å². The summed E-state index contributed by atoms with van der Waals surface area (Å²) in [5.41, 5.74) is 5.45. The summed E-state index contributed by atoms with van der Waals surface area (Å²) in [4.78, 5) is 37.4. The number of hydrogen-bond acceptors (Lipinski definition) is 11. The monoisotopic (exact) mass is 542 g/mol. The molecule has 3 unspecified atom stereocenters. The average molecular weight is 543 g/mol. The Morgan fingerprint density at radius 1 is 1.19 bits per heavy atom. The fraction of sp³-hybridized carbons (Fsp3) is 0.696. The van der Waals surface area contributed by atoms with Crippen LogP contribution in [0.3, 0.4) is 0 Å². The molecule has 0 saturated carbocycles. The van der Waals surface area contributed by atoms with Crippen LogP contribution >= 0.6 is 7.52 Å². The first-order chi connectivity index (χ1) is 17.3. The topological polar surface area (TPSA) is 170 Å². The molecule has 0 spiro atoms. The van der Waals surface area contributed by atoms with Crippen LogP contribution in [-0.2, 0) is 39.4 Å². The highest BCUT2D eigenvalue weighted by Gasteiger charge is 2.40. The van der Waals surface area contributed by atoms with Gasteiger partial charge in [-0.2, -0.15) is 0 Å². The predicted molar refractivity (Wildman–Crippen MR) is 138 cm³/mol. The van der Waals surface area contributed by atoms with Crippen LogP contribution in [-0.4, -0.2) is 68.3 Å². The van der Waals surface area contributed by atoms with Crippen LogP contribution in [0.25, 0.3) is 11.2 Å². The number of nitrogens with one attached hydrogen (secondary N) is 1. The molecule has 37 heavy (non-hydrogen) atoms. The van der Waals surface area contributed by atoms with E-state index in [4.69, 9.17) is 24.5 Å². The van der Waals surface area contributed by atoms with Crippen molar-refractivity contribution in [1.82, 2.24) is 24.6 Å². The Balaban J connectivity index is 2.16. The summed E-state index contributed by atoms with van der Waals surface area (Å²) < 4.78 is 37.6. The Morgan fingerprint density at radius 3 is 2.54 bits per heavy atom. The number of unbranched alkanes of at least 4 members (excludes halogenated alkanes) is 1. The molecular formula is C23H39N6O7P. The van der Waals surface area contributed by atoms with Gasteiger partial charge in [0.15, 0.2) is 17.6 Å². The number of nitrogen functional groups attached to an aromatic ring is 1. The van der Waals surface area contributed by atoms with E-state index in [0.29, 0.717) is 24.1 Å². The molecule has 2 aromatic rings. The SMILES string of the molecule is CCCCOC(=O)C(C)(C)NP(=O)(COC(C)Cn1cnc2c(N)ncnc21)OC(C)C(=O)OC(C)C. The largest absolute Gasteiger partial charge is 0.464 e. The summed E-state index contributed by atoms with van der Waals surface area (Å²) in [6.45, 7) is 12.2. The van der Waals surface area contributed by atoms with E-state index >= 15 is 0 Å². The second-order valence-corrected chi connectivity index (χ2v) is 11.6. The van der Waals surface area contributed by atoms with Crippen LogP contribution in [0.4, 0.5) is 5.82 Å². The number of aromatic nitrogens is 4. The molecule has 208 valence electrons. The number of anilines is 1. The molecular weight excluding hydrogens is 503 g/mol. The number of imidazole rings is 1. The van der Waals surface area contributed by atoms with E-state index in [-0.39, 0.29) is 18.5 Å². The number of carbonyl (C=O) groups excluding carboxylic acids is 2. The van der Waals surface area contributed by atoms with Gasteiger partial charge in [0, 0.05) is 0 Å². The van der Waals surface area contributed by atoms with Gasteiger partial charge >= 0.3 is 11.9 Å². The molecule has 0 aliphatic carbocycles. The highest BCUT2D eigenvalue weighted by molar-refractivity contribution is 7.56. The summed E-state index contributed by atoms with van der Waals surface area (Å²) >= 11 is 0. The van der Waals surface area contributed by atoms with Crippen molar-refractivity contribution in [2.24, 2.45) is 0 Å². The molecule has 2 rings (SSSR count). The Morgan fingerprint density at radius 2 is 1.89 bits per heavy atom. The van der Waals surface area contributed by atoms with Gasteiger partial charge in [-0.1, -0.05) is 13.3 Å². The number of hydrogen-bond donors (Lipinski definition) is 2. The minimum Gasteiger partial charge on any atom is -0.464 e. The van der Waals surface area contributed by atoms with E-state index in [1.807, 2.05) is 6.92 Å². The first-order valence-electron chi connectivity index (χ1n) is 12.3. The van der Waals surface area contributed by atoms with E-state index in [2.05, 4.69) is 20.0 Å². The smallest absolute Gasteiger partial charge is 0.335 e. The quantitative estimate of drug-likeness (QED) is 0.192. The van der Waals surface area contributed by atoms with Crippen LogP contribution < -0.4 is 10.8 Å². The van der Waals surface area contributed by atoms with Gasteiger partial charge in [-0.05, 0) is 48.0 Å². The molecule has 0 bridgehead atoms. The Bertz CT molecular complexity index is 1110. The van der Waals surface area contributed by atoms with Gasteiger partial charge in [0.25, 0.3) is 7.52 Å². The van der Waals surface area contributed by atoms with E-state index in [1.165, 1.54) is 27.1 Å². The zero-order chi connectivity index (χ0) is 27.8. The highest BCUT2D eigenvalue weighted by atomic mass is 31.2. The van der Waals surface area contributed by atoms with Crippen molar-refractivity contribution in [3.63, 3.8) is 0 Å². The molecule has 2 heterocycles. The molecule has 0 aromatic carbocycles. The van der Waals surface area contributed by atoms with Gasteiger partial charge in [-0.25, -0.2) is 24.8 Å². The molecule has 2 aromatic heterocycles. The zero-order valence-corrected chi connectivity index (χ0v) is 23.5. The van der Waals surface area contributed by atoms with E-state index in [0.717, 1.165) is 6.42 Å². The summed E-state index contributed by atoms with van der Waals surface area (Å²) in [6.07, 6.45) is 1.99. The summed E-state index contributed by atoms with van der Waals surface area (Å²) in [7, 11) is -3.93. The van der Waals surface area contributed by atoms with Gasteiger partial charge in [0.05, 0.1) is 31.7 Å². The van der Waals surface area contributed by atoms with Gasteiger partial charge in [-0.3, -0.25) is 9.36 Å². The number of ether oxygens (including phenoxy) is 3. The van der Waals surface area contributed by atoms with Crippen LogP contribution in [0.15, 0.2) is 12.7 Å². The zero-order valence-electron chi connectivity index (χ0n) is 22.6. The van der Waals surface area contributed by atoms with Crippen LogP contribution in [0.2, 0.25) is 0 Å². The number of nitrogens with two attached hydrogens (primary N) is 1. The van der Waals surface area contributed by atoms with E-state index < -0.39 is 43.6 Å². The molecule has 3 atom stereocenters. The maximum Gasteiger partial charge on any atom is 0.335 e. The highest BCUT2D eigenvalue weighted by Crippen LogP contribution is 2.46. The summed E-state index contributed by atoms with van der Waals surface area (Å²) in [6, 6.07) is 0. The average Bonchev–Trinajstić information content (AvgIpc) is 3.21. The van der Waals surface area contributed by atoms with Crippen molar-refractivity contribution in [2.45, 2.75) is 91.7 Å². The second-order valence-electron chi connectivity index (χ2n) is 9.57. The third-order valence-corrected chi connectivity index (χ3v) is 7.16. The molecule has 14 heteroatoms. The predicted octanol–water partition coefficient (Wildman–Crippen LogP) is 3.03. The van der Waals surface area contributed by atoms with Crippen molar-refractivity contribution < 1.29 is 32.9 Å². The molecule has 13 nitrogen and oxygen atoms in total. The van der Waals surface area contributed by atoms with Crippen molar-refractivity contribution in [3.05, 3.63) is 12.7 Å². The lowest BCUT2D eigenvalue weighted by atomic mass is 10.1. The van der Waals surface area contributed by atoms with Gasteiger partial charge < -0.3 is 29.0 Å². The molecule has 0 fully saturated rings. The summed E-state index contributed by atoms with van der Waals surface area (Å²) in [5.74, 6) is -1.03. The number of rotatable bonds is 15. The third kappa shape index (κ3) is 9.03. The number of esters is 2. The standard InChI is InChI=1S/C23H39N6O7P/c1-8-9-10-33-22(31)23(6,7)28-37(32,36-17(5)21(30)35-15(2)3)14-34-16(4)11-29-13-27-18-19(24)25-12-26-20(18)29/h12-13,15-17H,8-11,14H2,1-7H3,(H,28,32)(H2,24,25,26). The lowest BCUT2D eigenvalue weighted by molar-refractivity contribution is -0.155. The number of carbonyl (C=O) groups is 2. The molecule has 0 amide bonds. The van der Waals surface area contributed by atoms with Gasteiger partial charge in [-0.15, -0.1) is 0 Å². The Labute approximate surface area is 217 Å². The maximum atomic E-state index is 13.9. The van der Waals surface area contributed by atoms with Crippen molar-refractivity contribution in [3.8, 4) is 0 Å². The summed E-state index contributed by atoms with van der Waals surface area (Å²) in [5, 5.41) is 2.76. The van der Waals surface area contributed by atoms with Gasteiger partial charge in [0.1, 0.15) is 23.7 Å². The normalized spacial score (nSPS) is 15.4. The second kappa shape index (κ2) is 13.3. The van der Waals surface area contributed by atoms with Crippen LogP contribution in [0.1, 0.15) is 61.3 Å². The number of nitrogens with zero attached hydrogens (tertiary/aromatic N) is 4. The molecule has 3 N–H and O–H groups in total.